The quantitative estimate of drug-likeness (QED) is 0.598. The van der Waals surface area contributed by atoms with Gasteiger partial charge >= 0.3 is 0 Å². The standard InChI is InChI=1S/C17H16Cl2N4O4S/c18-13-4-3-12(10-14(13)19)28(24,25)23-7-5-22(6-8-23)11-16-20-21-17(27-16)15-2-1-9-26-15/h1-4,9-10H,5-8,11H2. The Kier molecular flexibility index (Phi) is 5.44. The van der Waals surface area contributed by atoms with Gasteiger partial charge in [0.1, 0.15) is 0 Å². The third-order valence-electron chi connectivity index (χ3n) is 4.42. The molecule has 4 rings (SSSR count). The average molecular weight is 443 g/mol. The van der Waals surface area contributed by atoms with Crippen molar-refractivity contribution in [2.75, 3.05) is 26.2 Å². The first kappa shape index (κ1) is 19.4. The summed E-state index contributed by atoms with van der Waals surface area (Å²) in [5.74, 6) is 1.28. The van der Waals surface area contributed by atoms with E-state index in [2.05, 4.69) is 15.1 Å². The molecule has 2 aromatic heterocycles. The third-order valence-corrected chi connectivity index (χ3v) is 7.05. The summed E-state index contributed by atoms with van der Waals surface area (Å²) in [6.45, 7) is 2.22. The van der Waals surface area contributed by atoms with Crippen molar-refractivity contribution in [3.05, 3.63) is 52.5 Å². The monoisotopic (exact) mass is 442 g/mol. The lowest BCUT2D eigenvalue weighted by molar-refractivity contribution is 0.168. The number of hydrogen-bond acceptors (Lipinski definition) is 7. The highest BCUT2D eigenvalue weighted by molar-refractivity contribution is 7.89. The molecule has 1 fully saturated rings. The van der Waals surface area contributed by atoms with Crippen LogP contribution < -0.4 is 0 Å². The van der Waals surface area contributed by atoms with Gasteiger partial charge in [-0.25, -0.2) is 8.42 Å². The Hall–Kier alpha value is -1.91. The van der Waals surface area contributed by atoms with Crippen LogP contribution in [0.2, 0.25) is 10.0 Å². The summed E-state index contributed by atoms with van der Waals surface area (Å²) in [7, 11) is -3.62. The summed E-state index contributed by atoms with van der Waals surface area (Å²) >= 11 is 11.8. The first-order valence-electron chi connectivity index (χ1n) is 8.47. The second kappa shape index (κ2) is 7.84. The van der Waals surface area contributed by atoms with Gasteiger partial charge in [-0.1, -0.05) is 23.2 Å². The first-order chi connectivity index (χ1) is 13.4. The van der Waals surface area contributed by atoms with Crippen LogP contribution in [0, 0.1) is 0 Å². The van der Waals surface area contributed by atoms with Crippen LogP contribution in [0.15, 0.2) is 50.3 Å². The van der Waals surface area contributed by atoms with Gasteiger partial charge < -0.3 is 8.83 Å². The molecule has 0 bridgehead atoms. The molecule has 0 N–H and O–H groups in total. The molecule has 3 heterocycles. The fourth-order valence-electron chi connectivity index (χ4n) is 2.92. The Bertz CT molecular complexity index is 1060. The van der Waals surface area contributed by atoms with Crippen LogP contribution in [0.4, 0.5) is 0 Å². The molecule has 11 heteroatoms. The van der Waals surface area contributed by atoms with E-state index in [1.165, 1.54) is 28.8 Å². The summed E-state index contributed by atoms with van der Waals surface area (Å²) < 4.78 is 37.9. The van der Waals surface area contributed by atoms with Gasteiger partial charge in [0.2, 0.25) is 15.9 Å². The molecule has 0 aliphatic carbocycles. The lowest BCUT2D eigenvalue weighted by Gasteiger charge is -2.33. The van der Waals surface area contributed by atoms with E-state index in [0.29, 0.717) is 55.3 Å². The Labute approximate surface area is 171 Å². The minimum absolute atomic E-state index is 0.135. The highest BCUT2D eigenvalue weighted by atomic mass is 35.5. The molecule has 0 atom stereocenters. The number of hydrogen-bond donors (Lipinski definition) is 0. The van der Waals surface area contributed by atoms with Crippen LogP contribution in [0.1, 0.15) is 5.89 Å². The maximum absolute atomic E-state index is 12.8. The zero-order valence-corrected chi connectivity index (χ0v) is 16.9. The van der Waals surface area contributed by atoms with Crippen LogP contribution in [-0.2, 0) is 16.6 Å². The molecule has 0 amide bonds. The van der Waals surface area contributed by atoms with Gasteiger partial charge in [-0.2, -0.15) is 4.31 Å². The molecule has 3 aromatic rings. The predicted octanol–water partition coefficient (Wildman–Crippen LogP) is 3.14. The molecular weight excluding hydrogens is 427 g/mol. The minimum atomic E-state index is -3.62. The topological polar surface area (TPSA) is 92.7 Å². The Morgan fingerprint density at radius 3 is 2.50 bits per heavy atom. The highest BCUT2D eigenvalue weighted by Crippen LogP contribution is 2.27. The van der Waals surface area contributed by atoms with Crippen molar-refractivity contribution in [1.82, 2.24) is 19.4 Å². The van der Waals surface area contributed by atoms with Crippen molar-refractivity contribution in [3.8, 4) is 11.7 Å². The molecule has 1 aromatic carbocycles. The molecular formula is C17H16Cl2N4O4S. The van der Waals surface area contributed by atoms with Crippen LogP contribution in [0.5, 0.6) is 0 Å². The molecule has 1 aliphatic heterocycles. The van der Waals surface area contributed by atoms with Crippen LogP contribution >= 0.6 is 23.2 Å². The number of nitrogens with zero attached hydrogens (tertiary/aromatic N) is 4. The molecule has 0 radical (unpaired) electrons. The molecule has 0 unspecified atom stereocenters. The SMILES string of the molecule is O=S(=O)(c1ccc(Cl)c(Cl)c1)N1CCN(Cc2nnc(-c3ccco3)o2)CC1. The summed E-state index contributed by atoms with van der Waals surface area (Å²) in [4.78, 5) is 2.19. The first-order valence-corrected chi connectivity index (χ1v) is 10.7. The lowest BCUT2D eigenvalue weighted by atomic mass is 10.3. The molecule has 28 heavy (non-hydrogen) atoms. The van der Waals surface area contributed by atoms with Crippen molar-refractivity contribution < 1.29 is 17.3 Å². The summed E-state index contributed by atoms with van der Waals surface area (Å²) in [5.41, 5.74) is 0. The van der Waals surface area contributed by atoms with Gasteiger partial charge in [0, 0.05) is 26.2 Å². The zero-order valence-electron chi connectivity index (χ0n) is 14.6. The molecule has 148 valence electrons. The van der Waals surface area contributed by atoms with Crippen molar-refractivity contribution in [2.24, 2.45) is 0 Å². The number of furan rings is 1. The van der Waals surface area contributed by atoms with E-state index < -0.39 is 10.0 Å². The Morgan fingerprint density at radius 2 is 1.82 bits per heavy atom. The van der Waals surface area contributed by atoms with Crippen LogP contribution in [0.3, 0.4) is 0 Å². The van der Waals surface area contributed by atoms with E-state index in [0.717, 1.165) is 0 Å². The Morgan fingerprint density at radius 1 is 1.04 bits per heavy atom. The van der Waals surface area contributed by atoms with Gasteiger partial charge in [0.15, 0.2) is 5.76 Å². The molecule has 8 nitrogen and oxygen atoms in total. The largest absolute Gasteiger partial charge is 0.459 e. The van der Waals surface area contributed by atoms with E-state index >= 15 is 0 Å². The van der Waals surface area contributed by atoms with E-state index in [9.17, 15) is 8.42 Å². The number of benzene rings is 1. The number of sulfonamides is 1. The molecule has 0 spiro atoms. The number of piperazine rings is 1. The molecule has 0 saturated carbocycles. The van der Waals surface area contributed by atoms with Crippen LogP contribution in [-0.4, -0.2) is 54.0 Å². The third kappa shape index (κ3) is 3.94. The molecule has 1 aliphatic rings. The minimum Gasteiger partial charge on any atom is -0.459 e. The van der Waals surface area contributed by atoms with Gasteiger partial charge in [-0.3, -0.25) is 4.90 Å². The van der Waals surface area contributed by atoms with Gasteiger partial charge in [0.05, 0.1) is 27.7 Å². The molecule has 1 saturated heterocycles. The van der Waals surface area contributed by atoms with Crippen molar-refractivity contribution in [2.45, 2.75) is 11.4 Å². The van der Waals surface area contributed by atoms with E-state index in [1.54, 1.807) is 12.1 Å². The number of halogens is 2. The second-order valence-electron chi connectivity index (χ2n) is 6.23. The maximum atomic E-state index is 12.8. The zero-order chi connectivity index (χ0) is 19.7. The van der Waals surface area contributed by atoms with Crippen molar-refractivity contribution in [3.63, 3.8) is 0 Å². The lowest BCUT2D eigenvalue weighted by Crippen LogP contribution is -2.48. The summed E-state index contributed by atoms with van der Waals surface area (Å²) in [6, 6.07) is 7.81. The van der Waals surface area contributed by atoms with Crippen molar-refractivity contribution >= 4 is 33.2 Å². The van der Waals surface area contributed by atoms with Gasteiger partial charge in [-0.05, 0) is 30.3 Å². The highest BCUT2D eigenvalue weighted by Gasteiger charge is 2.29. The number of rotatable bonds is 5. The van der Waals surface area contributed by atoms with Crippen molar-refractivity contribution in [1.29, 1.82) is 0 Å². The Balaban J connectivity index is 1.38. The second-order valence-corrected chi connectivity index (χ2v) is 8.99. The fraction of sp³-hybridized carbons (Fsp3) is 0.294. The summed E-state index contributed by atoms with van der Waals surface area (Å²) in [6.07, 6.45) is 1.53. The van der Waals surface area contributed by atoms with Crippen LogP contribution in [0.25, 0.3) is 11.7 Å². The smallest absolute Gasteiger partial charge is 0.283 e. The average Bonchev–Trinajstić information content (AvgIpc) is 3.36. The van der Waals surface area contributed by atoms with E-state index in [-0.39, 0.29) is 9.92 Å². The number of aromatic nitrogens is 2. The predicted molar refractivity (Wildman–Crippen MR) is 102 cm³/mol. The van der Waals surface area contributed by atoms with Gasteiger partial charge in [0.25, 0.3) is 5.89 Å². The van der Waals surface area contributed by atoms with Gasteiger partial charge in [-0.15, -0.1) is 10.2 Å². The normalized spacial score (nSPS) is 16.5. The maximum Gasteiger partial charge on any atom is 0.283 e. The van der Waals surface area contributed by atoms with E-state index in [1.807, 2.05) is 0 Å². The fourth-order valence-corrected chi connectivity index (χ4v) is 4.73. The summed E-state index contributed by atoms with van der Waals surface area (Å²) in [5, 5.41) is 8.52. The van der Waals surface area contributed by atoms with E-state index in [4.69, 9.17) is 32.0 Å².